The maximum absolute atomic E-state index is 6.00. The van der Waals surface area contributed by atoms with Crippen molar-refractivity contribution in [1.29, 1.82) is 0 Å². The van der Waals surface area contributed by atoms with E-state index in [1.165, 1.54) is 0 Å². The molecule has 4 rings (SSSR count). The van der Waals surface area contributed by atoms with Crippen molar-refractivity contribution in [2.75, 3.05) is 6.61 Å². The van der Waals surface area contributed by atoms with Gasteiger partial charge in [0.15, 0.2) is 17.6 Å². The van der Waals surface area contributed by atoms with Crippen molar-refractivity contribution in [3.63, 3.8) is 0 Å². The average Bonchev–Trinajstić information content (AvgIpc) is 3.05. The summed E-state index contributed by atoms with van der Waals surface area (Å²) in [5.41, 5.74) is 2.07. The topological polar surface area (TPSA) is 31.4 Å². The quantitative estimate of drug-likeness (QED) is 0.627. The minimum absolute atomic E-state index is 0.149. The number of aromatic nitrogens is 1. The number of nitrogens with zero attached hydrogens (tertiary/aromatic N) is 1. The Morgan fingerprint density at radius 2 is 1.82 bits per heavy atom. The number of hydrogen-bond acceptors (Lipinski definition) is 4. The predicted molar refractivity (Wildman–Crippen MR) is 90.6 cm³/mol. The second-order valence-electron chi connectivity index (χ2n) is 4.94. The minimum atomic E-state index is -0.149. The van der Waals surface area contributed by atoms with E-state index in [9.17, 15) is 0 Å². The molecule has 0 aliphatic carbocycles. The highest BCUT2D eigenvalue weighted by molar-refractivity contribution is 9.10. The molecule has 0 radical (unpaired) electrons. The Labute approximate surface area is 140 Å². The van der Waals surface area contributed by atoms with Crippen LogP contribution < -0.4 is 9.47 Å². The standard InChI is InChI=1S/C17H12BrNO2S/c18-12-7-5-11(6-8-12)13-10-22-17(19-13)16-9-20-14-3-1-2-4-15(14)21-16/h1-8,10,16H,9H2. The summed E-state index contributed by atoms with van der Waals surface area (Å²) in [5.74, 6) is 1.57. The molecule has 3 nitrogen and oxygen atoms in total. The Morgan fingerprint density at radius 3 is 2.64 bits per heavy atom. The van der Waals surface area contributed by atoms with Crippen LogP contribution in [0.25, 0.3) is 11.3 Å². The van der Waals surface area contributed by atoms with Gasteiger partial charge in [-0.05, 0) is 24.3 Å². The largest absolute Gasteiger partial charge is 0.485 e. The van der Waals surface area contributed by atoms with Crippen LogP contribution in [0, 0.1) is 0 Å². The van der Waals surface area contributed by atoms with Gasteiger partial charge in [-0.2, -0.15) is 0 Å². The van der Waals surface area contributed by atoms with Crippen LogP contribution in [0.2, 0.25) is 0 Å². The maximum Gasteiger partial charge on any atom is 0.184 e. The number of hydrogen-bond donors (Lipinski definition) is 0. The number of ether oxygens (including phenoxy) is 2. The fourth-order valence-electron chi connectivity index (χ4n) is 2.33. The van der Waals surface area contributed by atoms with Gasteiger partial charge in [-0.15, -0.1) is 11.3 Å². The predicted octanol–water partition coefficient (Wildman–Crippen LogP) is 5.09. The number of halogens is 1. The van der Waals surface area contributed by atoms with Crippen LogP contribution >= 0.6 is 27.3 Å². The normalized spacial score (nSPS) is 16.5. The SMILES string of the molecule is Brc1ccc(-c2csc(C3COc4ccccc4O3)n2)cc1. The minimum Gasteiger partial charge on any atom is -0.485 e. The Bertz CT molecular complexity index is 800. The average molecular weight is 374 g/mol. The fourth-order valence-corrected chi connectivity index (χ4v) is 3.43. The van der Waals surface area contributed by atoms with Crippen LogP contribution in [-0.4, -0.2) is 11.6 Å². The Kier molecular flexibility index (Phi) is 3.60. The van der Waals surface area contributed by atoms with Gasteiger partial charge in [0.25, 0.3) is 0 Å². The second-order valence-corrected chi connectivity index (χ2v) is 6.75. The Balaban J connectivity index is 1.59. The third kappa shape index (κ3) is 2.62. The molecule has 0 N–H and O–H groups in total. The summed E-state index contributed by atoms with van der Waals surface area (Å²) in [5, 5.41) is 3.00. The van der Waals surface area contributed by atoms with Crippen LogP contribution in [0.4, 0.5) is 0 Å². The van der Waals surface area contributed by atoms with Gasteiger partial charge in [0.05, 0.1) is 5.69 Å². The van der Waals surface area contributed by atoms with E-state index in [1.54, 1.807) is 11.3 Å². The monoisotopic (exact) mass is 373 g/mol. The van der Waals surface area contributed by atoms with Crippen LogP contribution in [0.3, 0.4) is 0 Å². The number of rotatable bonds is 2. The van der Waals surface area contributed by atoms with Crippen molar-refractivity contribution >= 4 is 27.3 Å². The van der Waals surface area contributed by atoms with Crippen molar-refractivity contribution in [1.82, 2.24) is 4.98 Å². The first kappa shape index (κ1) is 13.8. The van der Waals surface area contributed by atoms with E-state index in [0.29, 0.717) is 6.61 Å². The van der Waals surface area contributed by atoms with Gasteiger partial charge in [0.2, 0.25) is 0 Å². The van der Waals surface area contributed by atoms with Crippen LogP contribution in [0.5, 0.6) is 11.5 Å². The van der Waals surface area contributed by atoms with Gasteiger partial charge in [-0.1, -0.05) is 40.2 Å². The van der Waals surface area contributed by atoms with E-state index >= 15 is 0 Å². The molecule has 1 aliphatic heterocycles. The van der Waals surface area contributed by atoms with Crippen LogP contribution in [0.1, 0.15) is 11.1 Å². The van der Waals surface area contributed by atoms with Crippen molar-refractivity contribution in [3.8, 4) is 22.8 Å². The molecule has 0 fully saturated rings. The molecule has 22 heavy (non-hydrogen) atoms. The molecule has 0 bridgehead atoms. The molecule has 0 saturated carbocycles. The first-order chi connectivity index (χ1) is 10.8. The van der Waals surface area contributed by atoms with Crippen molar-refractivity contribution in [2.45, 2.75) is 6.10 Å². The van der Waals surface area contributed by atoms with E-state index in [1.807, 2.05) is 36.4 Å². The van der Waals surface area contributed by atoms with Crippen molar-refractivity contribution < 1.29 is 9.47 Å². The fraction of sp³-hybridized carbons (Fsp3) is 0.118. The summed E-state index contributed by atoms with van der Waals surface area (Å²) in [6, 6.07) is 15.9. The summed E-state index contributed by atoms with van der Waals surface area (Å²) in [7, 11) is 0. The molecule has 3 aromatic rings. The van der Waals surface area contributed by atoms with Gasteiger partial charge in [0.1, 0.15) is 11.6 Å². The summed E-state index contributed by atoms with van der Waals surface area (Å²) < 4.78 is 12.8. The number of fused-ring (bicyclic) bond motifs is 1. The molecule has 0 spiro atoms. The molecular formula is C17H12BrNO2S. The summed E-state index contributed by atoms with van der Waals surface area (Å²) in [4.78, 5) is 4.70. The van der Waals surface area contributed by atoms with E-state index < -0.39 is 0 Å². The van der Waals surface area contributed by atoms with E-state index in [0.717, 1.165) is 32.2 Å². The molecule has 5 heteroatoms. The molecule has 2 heterocycles. The first-order valence-corrected chi connectivity index (χ1v) is 8.57. The molecule has 0 amide bonds. The lowest BCUT2D eigenvalue weighted by Crippen LogP contribution is -2.21. The van der Waals surface area contributed by atoms with Gasteiger partial charge < -0.3 is 9.47 Å². The Hall–Kier alpha value is -1.85. The van der Waals surface area contributed by atoms with Gasteiger partial charge in [0, 0.05) is 15.4 Å². The zero-order chi connectivity index (χ0) is 14.9. The number of benzene rings is 2. The van der Waals surface area contributed by atoms with Crippen LogP contribution in [0.15, 0.2) is 58.4 Å². The third-order valence-electron chi connectivity index (χ3n) is 3.45. The van der Waals surface area contributed by atoms with E-state index in [4.69, 9.17) is 14.5 Å². The molecule has 0 saturated heterocycles. The lowest BCUT2D eigenvalue weighted by atomic mass is 10.2. The Morgan fingerprint density at radius 1 is 1.05 bits per heavy atom. The first-order valence-electron chi connectivity index (χ1n) is 6.89. The van der Waals surface area contributed by atoms with Gasteiger partial charge in [-0.25, -0.2) is 4.98 Å². The molecule has 1 aliphatic rings. The molecular weight excluding hydrogens is 362 g/mol. The highest BCUT2D eigenvalue weighted by Gasteiger charge is 2.25. The number of thiazole rings is 1. The maximum atomic E-state index is 6.00. The van der Waals surface area contributed by atoms with Gasteiger partial charge >= 0.3 is 0 Å². The zero-order valence-corrected chi connectivity index (χ0v) is 13.9. The molecule has 110 valence electrons. The lowest BCUT2D eigenvalue weighted by Gasteiger charge is -2.24. The molecule has 1 unspecified atom stereocenters. The summed E-state index contributed by atoms with van der Waals surface area (Å²) >= 11 is 5.05. The highest BCUT2D eigenvalue weighted by Crippen LogP contribution is 2.37. The molecule has 1 atom stereocenters. The van der Waals surface area contributed by atoms with Crippen molar-refractivity contribution in [2.24, 2.45) is 0 Å². The lowest BCUT2D eigenvalue weighted by molar-refractivity contribution is 0.0911. The third-order valence-corrected chi connectivity index (χ3v) is 4.91. The van der Waals surface area contributed by atoms with Crippen molar-refractivity contribution in [3.05, 3.63) is 63.4 Å². The van der Waals surface area contributed by atoms with E-state index in [-0.39, 0.29) is 6.10 Å². The van der Waals surface area contributed by atoms with Gasteiger partial charge in [-0.3, -0.25) is 0 Å². The molecule has 1 aromatic heterocycles. The second kappa shape index (κ2) is 5.74. The number of para-hydroxylation sites is 2. The smallest absolute Gasteiger partial charge is 0.184 e. The summed E-state index contributed by atoms with van der Waals surface area (Å²) in [6.45, 7) is 0.490. The van der Waals surface area contributed by atoms with E-state index in [2.05, 4.69) is 33.4 Å². The van der Waals surface area contributed by atoms with Crippen LogP contribution in [-0.2, 0) is 0 Å². The summed E-state index contributed by atoms with van der Waals surface area (Å²) in [6.07, 6.45) is -0.149. The highest BCUT2D eigenvalue weighted by atomic mass is 79.9. The molecule has 2 aromatic carbocycles. The zero-order valence-electron chi connectivity index (χ0n) is 11.5.